The van der Waals surface area contributed by atoms with Crippen molar-refractivity contribution in [2.24, 2.45) is 0 Å². The van der Waals surface area contributed by atoms with Crippen LogP contribution in [0.15, 0.2) is 12.2 Å². The summed E-state index contributed by atoms with van der Waals surface area (Å²) < 4.78 is 5.50. The van der Waals surface area contributed by atoms with Gasteiger partial charge in [-0.05, 0) is 51.4 Å². The van der Waals surface area contributed by atoms with Crippen LogP contribution in [0.1, 0.15) is 361 Å². The Morgan fingerprint density at radius 3 is 1.01 bits per heavy atom. The normalized spacial score (nSPS) is 12.6. The third-order valence-corrected chi connectivity index (χ3v) is 15.1. The van der Waals surface area contributed by atoms with E-state index in [0.29, 0.717) is 25.9 Å². The Morgan fingerprint density at radius 1 is 0.386 bits per heavy atom. The number of hydrogen-bond acceptors (Lipinski definition) is 5. The third-order valence-electron chi connectivity index (χ3n) is 15.1. The molecule has 0 heterocycles. The van der Waals surface area contributed by atoms with Crippen LogP contribution < -0.4 is 5.32 Å². The summed E-state index contributed by atoms with van der Waals surface area (Å²) in [6.45, 7) is 4.97. The summed E-state index contributed by atoms with van der Waals surface area (Å²) in [5, 5.41) is 23.2. The van der Waals surface area contributed by atoms with Crippen LogP contribution in [0.5, 0.6) is 0 Å². The molecule has 2 unspecified atom stereocenters. The van der Waals surface area contributed by atoms with Crippen molar-refractivity contribution >= 4 is 11.9 Å². The second-order valence-electron chi connectivity index (χ2n) is 22.1. The molecule has 0 aromatic heterocycles. The molecule has 6 nitrogen and oxygen atoms in total. The molecule has 3 N–H and O–H groups in total. The largest absolute Gasteiger partial charge is 0.466 e. The van der Waals surface area contributed by atoms with E-state index in [1.54, 1.807) is 0 Å². The number of rotatable bonds is 60. The first-order valence-corrected chi connectivity index (χ1v) is 31.9. The van der Waals surface area contributed by atoms with Gasteiger partial charge in [-0.1, -0.05) is 309 Å². The number of unbranched alkanes of at least 4 members (excludes halogenated alkanes) is 47. The minimum Gasteiger partial charge on any atom is -0.466 e. The second-order valence-corrected chi connectivity index (χ2v) is 22.1. The zero-order valence-corrected chi connectivity index (χ0v) is 47.5. The van der Waals surface area contributed by atoms with Gasteiger partial charge >= 0.3 is 5.97 Å². The number of carbonyl (C=O) groups excluding carboxylic acids is 2. The zero-order chi connectivity index (χ0) is 50.7. The molecule has 0 fully saturated rings. The molecule has 1 amide bonds. The van der Waals surface area contributed by atoms with Gasteiger partial charge < -0.3 is 20.3 Å². The maximum atomic E-state index is 12.4. The van der Waals surface area contributed by atoms with Crippen molar-refractivity contribution < 1.29 is 24.5 Å². The molecule has 0 bridgehead atoms. The van der Waals surface area contributed by atoms with Gasteiger partial charge in [0, 0.05) is 12.8 Å². The monoisotopic (exact) mass is 988 g/mol. The molecule has 0 aliphatic rings. The number of hydrogen-bond donors (Lipinski definition) is 3. The lowest BCUT2D eigenvalue weighted by molar-refractivity contribution is -0.143. The van der Waals surface area contributed by atoms with Crippen LogP contribution in [0.25, 0.3) is 0 Å². The predicted molar refractivity (Wildman–Crippen MR) is 306 cm³/mol. The maximum absolute atomic E-state index is 12.4. The van der Waals surface area contributed by atoms with Crippen molar-refractivity contribution in [2.75, 3.05) is 13.2 Å². The SMILES string of the molecule is CCCCCCCCCCCCCCCCCCCC(=O)OCCCCCCCCCCCCCC/C=C\CCCCCCCCCCCC(=O)NC(CO)C(O)CCCCCCCCCCCCC. The second kappa shape index (κ2) is 60.2. The Balaban J connectivity index is 3.35. The van der Waals surface area contributed by atoms with E-state index in [4.69, 9.17) is 4.74 Å². The Morgan fingerprint density at radius 2 is 0.671 bits per heavy atom. The van der Waals surface area contributed by atoms with Gasteiger partial charge in [0.2, 0.25) is 5.91 Å². The van der Waals surface area contributed by atoms with Crippen molar-refractivity contribution in [3.63, 3.8) is 0 Å². The highest BCUT2D eigenvalue weighted by molar-refractivity contribution is 5.76. The summed E-state index contributed by atoms with van der Waals surface area (Å²) in [6, 6.07) is -0.541. The molecule has 0 aliphatic carbocycles. The van der Waals surface area contributed by atoms with Crippen molar-refractivity contribution in [2.45, 2.75) is 373 Å². The van der Waals surface area contributed by atoms with Crippen molar-refractivity contribution in [3.8, 4) is 0 Å². The fourth-order valence-electron chi connectivity index (χ4n) is 10.2. The first-order chi connectivity index (χ1) is 34.5. The van der Waals surface area contributed by atoms with E-state index in [0.717, 1.165) is 38.5 Å². The lowest BCUT2D eigenvalue weighted by Crippen LogP contribution is -2.45. The molecule has 0 aliphatic heterocycles. The summed E-state index contributed by atoms with van der Waals surface area (Å²) in [6.07, 6.45) is 72.4. The summed E-state index contributed by atoms with van der Waals surface area (Å²) in [5.74, 6) is -0.0194. The average Bonchev–Trinajstić information content (AvgIpc) is 3.36. The molecule has 70 heavy (non-hydrogen) atoms. The molecule has 0 aromatic carbocycles. The first kappa shape index (κ1) is 68.6. The molecule has 0 spiro atoms. The molecule has 416 valence electrons. The van der Waals surface area contributed by atoms with Crippen LogP contribution in [0.3, 0.4) is 0 Å². The standard InChI is InChI=1S/C64H125NO5/c1-3-5-7-9-11-13-15-16-17-27-31-34-38-42-46-50-54-58-64(69)70-59-55-51-47-43-39-35-32-29-26-24-22-20-18-19-21-23-25-28-30-33-37-41-45-49-53-57-63(68)65-61(60-66)62(67)56-52-48-44-40-36-14-12-10-8-6-4-2/h19,21,61-62,66-67H,3-18,20,22-60H2,1-2H3,(H,65,68)/b21-19-. The Bertz CT molecular complexity index is 1050. The minimum atomic E-state index is -0.664. The van der Waals surface area contributed by atoms with E-state index in [1.165, 1.54) is 289 Å². The Labute approximate surface area is 438 Å². The molecule has 6 heteroatoms. The molecule has 2 atom stereocenters. The highest BCUT2D eigenvalue weighted by Gasteiger charge is 2.20. The van der Waals surface area contributed by atoms with E-state index in [1.807, 2.05) is 0 Å². The van der Waals surface area contributed by atoms with E-state index in [9.17, 15) is 19.8 Å². The van der Waals surface area contributed by atoms with Gasteiger partial charge in [-0.15, -0.1) is 0 Å². The van der Waals surface area contributed by atoms with Crippen LogP contribution >= 0.6 is 0 Å². The van der Waals surface area contributed by atoms with E-state index in [-0.39, 0.29) is 18.5 Å². The number of amides is 1. The van der Waals surface area contributed by atoms with Gasteiger partial charge in [-0.2, -0.15) is 0 Å². The van der Waals surface area contributed by atoms with Crippen LogP contribution in [0.4, 0.5) is 0 Å². The van der Waals surface area contributed by atoms with Crippen molar-refractivity contribution in [3.05, 3.63) is 12.2 Å². The molecule has 0 radical (unpaired) electrons. The maximum Gasteiger partial charge on any atom is 0.305 e. The predicted octanol–water partition coefficient (Wildman–Crippen LogP) is 20.0. The van der Waals surface area contributed by atoms with Gasteiger partial charge in [-0.3, -0.25) is 9.59 Å². The van der Waals surface area contributed by atoms with Gasteiger partial charge in [0.1, 0.15) is 0 Å². The van der Waals surface area contributed by atoms with Crippen LogP contribution in [-0.2, 0) is 14.3 Å². The molecule has 0 saturated heterocycles. The number of nitrogens with one attached hydrogen (secondary N) is 1. The summed E-state index contributed by atoms with van der Waals surface area (Å²) in [7, 11) is 0. The Hall–Kier alpha value is -1.40. The Kier molecular flexibility index (Phi) is 59.0. The minimum absolute atomic E-state index is 0.0180. The molecule has 0 rings (SSSR count). The number of aliphatic hydroxyl groups is 2. The van der Waals surface area contributed by atoms with Crippen LogP contribution in [0, 0.1) is 0 Å². The molecular formula is C64H125NO5. The van der Waals surface area contributed by atoms with Gasteiger partial charge in [0.05, 0.1) is 25.4 Å². The number of ether oxygens (including phenoxy) is 1. The number of esters is 1. The van der Waals surface area contributed by atoms with E-state index < -0.39 is 12.1 Å². The summed E-state index contributed by atoms with van der Waals surface area (Å²) in [4.78, 5) is 24.5. The topological polar surface area (TPSA) is 95.9 Å². The number of aliphatic hydroxyl groups excluding tert-OH is 2. The number of allylic oxidation sites excluding steroid dienone is 2. The quantitative estimate of drug-likeness (QED) is 0.0321. The lowest BCUT2D eigenvalue weighted by Gasteiger charge is -2.22. The molecule has 0 saturated carbocycles. The fourth-order valence-corrected chi connectivity index (χ4v) is 10.2. The summed E-state index contributed by atoms with van der Waals surface area (Å²) >= 11 is 0. The van der Waals surface area contributed by atoms with Gasteiger partial charge in [0.15, 0.2) is 0 Å². The lowest BCUT2D eigenvalue weighted by atomic mass is 10.0. The van der Waals surface area contributed by atoms with Crippen molar-refractivity contribution in [1.29, 1.82) is 0 Å². The summed E-state index contributed by atoms with van der Waals surface area (Å²) in [5.41, 5.74) is 0. The van der Waals surface area contributed by atoms with Crippen molar-refractivity contribution in [1.82, 2.24) is 5.32 Å². The first-order valence-electron chi connectivity index (χ1n) is 31.9. The van der Waals surface area contributed by atoms with Gasteiger partial charge in [-0.25, -0.2) is 0 Å². The zero-order valence-electron chi connectivity index (χ0n) is 47.5. The van der Waals surface area contributed by atoms with E-state index in [2.05, 4.69) is 31.3 Å². The van der Waals surface area contributed by atoms with E-state index >= 15 is 0 Å². The smallest absolute Gasteiger partial charge is 0.305 e. The molecular weight excluding hydrogens is 863 g/mol. The van der Waals surface area contributed by atoms with Crippen LogP contribution in [0.2, 0.25) is 0 Å². The highest BCUT2D eigenvalue weighted by atomic mass is 16.5. The number of carbonyl (C=O) groups is 2. The third kappa shape index (κ3) is 55.9. The van der Waals surface area contributed by atoms with Crippen LogP contribution in [-0.4, -0.2) is 47.4 Å². The average molecular weight is 989 g/mol. The fraction of sp³-hybridized carbons (Fsp3) is 0.938. The molecule has 0 aromatic rings. The highest BCUT2D eigenvalue weighted by Crippen LogP contribution is 2.18. The van der Waals surface area contributed by atoms with Gasteiger partial charge in [0.25, 0.3) is 0 Å².